The molecule has 1 aromatic carbocycles. The minimum Gasteiger partial charge on any atom is -0.465 e. The number of fused-ring (bicyclic) bond motifs is 5. The van der Waals surface area contributed by atoms with Gasteiger partial charge in [-0.05, 0) is 105 Å². The molecule has 5 saturated carbocycles. The number of ether oxygens (including phenoxy) is 1. The van der Waals surface area contributed by atoms with Gasteiger partial charge in [0, 0.05) is 36.4 Å². The van der Waals surface area contributed by atoms with Crippen molar-refractivity contribution in [3.63, 3.8) is 0 Å². The van der Waals surface area contributed by atoms with E-state index in [2.05, 4.69) is 39.6 Å². The number of carbonyl (C=O) groups excluding carboxylic acids is 3. The van der Waals surface area contributed by atoms with Crippen LogP contribution in [0.2, 0.25) is 0 Å². The number of nitrogens with zero attached hydrogens (tertiary/aromatic N) is 5. The molecule has 5 aliphatic carbocycles. The normalized spacial score (nSPS) is 32.0. The van der Waals surface area contributed by atoms with E-state index in [9.17, 15) is 24.3 Å². The van der Waals surface area contributed by atoms with Crippen molar-refractivity contribution < 1.29 is 29.0 Å². The number of carboxylic acid groups (broad SMARTS) is 1. The summed E-state index contributed by atoms with van der Waals surface area (Å²) in [5.41, 5.74) is 4.74. The van der Waals surface area contributed by atoms with Crippen LogP contribution in [0.3, 0.4) is 0 Å². The number of hydrogen-bond donors (Lipinski definition) is 4. The number of alkyl carbamates (subject to hydrolysis) is 1. The van der Waals surface area contributed by atoms with E-state index in [4.69, 9.17) is 14.7 Å². The van der Waals surface area contributed by atoms with Crippen molar-refractivity contribution in [3.05, 3.63) is 59.6 Å². The number of aromatic nitrogens is 4. The second-order valence-electron chi connectivity index (χ2n) is 17.5. The number of methoxy groups -OCH3 is 1. The Balaban J connectivity index is 0.857. The number of carbonyl (C=O) groups is 4. The van der Waals surface area contributed by atoms with Gasteiger partial charge in [-0.25, -0.2) is 19.6 Å². The first kappa shape index (κ1) is 36.7. The van der Waals surface area contributed by atoms with Crippen LogP contribution < -0.4 is 5.32 Å². The molecule has 8 atom stereocenters. The molecule has 3 aromatic rings. The molecular formula is C42H54N8O6. The smallest absolute Gasteiger partial charge is 0.407 e. The van der Waals surface area contributed by atoms with Crippen molar-refractivity contribution in [2.24, 2.45) is 11.8 Å². The Kier molecular flexibility index (Phi) is 8.96. The Labute approximate surface area is 327 Å². The van der Waals surface area contributed by atoms with Gasteiger partial charge in [0.05, 0.1) is 31.1 Å². The van der Waals surface area contributed by atoms with Crippen LogP contribution in [0.25, 0.3) is 11.3 Å². The molecule has 0 spiro atoms. The summed E-state index contributed by atoms with van der Waals surface area (Å²) in [6, 6.07) is 7.70. The number of nitrogens with one attached hydrogen (secondary N) is 3. The molecule has 4 amide bonds. The Morgan fingerprint density at radius 1 is 0.839 bits per heavy atom. The standard InChI is InChI=1S/C42H54N8O6/c1-5-27(46-39(53)56-4)37(51)49-30-17-24(30)20-33(49)36-44-22-34(47-36)42-14-11-41(12-15-42,13-16-42)26-9-7-23(8-10-26)28-21-43-35(45-28)32-19-25-18-31(25)50(32)38(52)29(6-2)48(3)40(54)55/h7-10,21-22,24-25,27,29-33H,5-6,11-20H2,1-4H3,(H,43,45)(H,44,47)(H,46,53)(H,54,55)/t24-,25-,27+,29+,30-,31-,32+,33+,41?,42?/m1/s1. The average Bonchev–Trinajstić information content (AvgIpc) is 3.80. The van der Waals surface area contributed by atoms with E-state index in [1.807, 2.05) is 36.0 Å². The molecule has 4 heterocycles. The van der Waals surface area contributed by atoms with Gasteiger partial charge in [-0.3, -0.25) is 14.5 Å². The van der Waals surface area contributed by atoms with Gasteiger partial charge in [-0.15, -0.1) is 0 Å². The molecule has 7 aliphatic rings. The average molecular weight is 767 g/mol. The van der Waals surface area contributed by atoms with Gasteiger partial charge in [0.15, 0.2) is 0 Å². The number of benzene rings is 1. The van der Waals surface area contributed by atoms with Gasteiger partial charge in [0.1, 0.15) is 23.7 Å². The van der Waals surface area contributed by atoms with Crippen LogP contribution in [0.15, 0.2) is 36.7 Å². The highest BCUT2D eigenvalue weighted by Crippen LogP contribution is 2.59. The largest absolute Gasteiger partial charge is 0.465 e. The number of H-pyrrole nitrogens is 2. The zero-order valence-corrected chi connectivity index (χ0v) is 32.8. The van der Waals surface area contributed by atoms with Gasteiger partial charge in [-0.1, -0.05) is 38.1 Å². The summed E-state index contributed by atoms with van der Waals surface area (Å²) in [5.74, 6) is 2.37. The van der Waals surface area contributed by atoms with E-state index in [1.54, 1.807) is 0 Å². The molecule has 4 N–H and O–H groups in total. The lowest BCUT2D eigenvalue weighted by Gasteiger charge is -2.53. The highest BCUT2D eigenvalue weighted by Gasteiger charge is 2.58. The van der Waals surface area contributed by atoms with E-state index < -0.39 is 24.3 Å². The fourth-order valence-electron chi connectivity index (χ4n) is 11.1. The lowest BCUT2D eigenvalue weighted by molar-refractivity contribution is -0.138. The van der Waals surface area contributed by atoms with Crippen LogP contribution in [-0.2, 0) is 25.2 Å². The number of hydrogen-bond acceptors (Lipinski definition) is 7. The number of imidazole rings is 2. The topological polar surface area (TPSA) is 177 Å². The van der Waals surface area contributed by atoms with Crippen LogP contribution >= 0.6 is 0 Å². The number of aromatic amines is 2. The van der Waals surface area contributed by atoms with E-state index in [1.165, 1.54) is 25.4 Å². The van der Waals surface area contributed by atoms with Gasteiger partial charge < -0.3 is 34.9 Å². The summed E-state index contributed by atoms with van der Waals surface area (Å²) >= 11 is 0. The number of likely N-dealkylation sites (tertiary alicyclic amines) is 2. The first-order valence-corrected chi connectivity index (χ1v) is 20.7. The van der Waals surface area contributed by atoms with Crippen LogP contribution in [0.1, 0.15) is 126 Å². The maximum Gasteiger partial charge on any atom is 0.407 e. The van der Waals surface area contributed by atoms with Crippen molar-refractivity contribution in [2.45, 2.75) is 138 Å². The molecule has 298 valence electrons. The first-order chi connectivity index (χ1) is 27.0. The maximum atomic E-state index is 13.7. The van der Waals surface area contributed by atoms with Crippen LogP contribution in [0.5, 0.6) is 0 Å². The molecule has 2 aromatic heterocycles. The van der Waals surface area contributed by atoms with Gasteiger partial charge in [0.2, 0.25) is 11.8 Å². The van der Waals surface area contributed by atoms with Crippen LogP contribution in [-0.4, -0.2) is 102 Å². The Hall–Kier alpha value is -4.88. The SMILES string of the molecule is CC[C@H](NC(=O)OC)C(=O)N1[C@@H]2C[C@@H]2C[C@H]1c1ncc(C23CCC(c4ccc(-c5cnc([C@@H]6C[C@H]7C[C@H]7N6C(=O)[C@H](CC)N(C)C(=O)O)[nH]5)cc4)(CC2)CC3)[nH]1. The Morgan fingerprint density at radius 2 is 1.41 bits per heavy atom. The Bertz CT molecular complexity index is 2000. The van der Waals surface area contributed by atoms with Crippen LogP contribution in [0, 0.1) is 11.8 Å². The predicted octanol–water partition coefficient (Wildman–Crippen LogP) is 6.19. The molecule has 14 nitrogen and oxygen atoms in total. The maximum absolute atomic E-state index is 13.7. The highest BCUT2D eigenvalue weighted by atomic mass is 16.5. The summed E-state index contributed by atoms with van der Waals surface area (Å²) < 4.78 is 4.78. The number of amides is 4. The third kappa shape index (κ3) is 5.96. The Morgan fingerprint density at radius 3 is 1.98 bits per heavy atom. The zero-order valence-electron chi connectivity index (χ0n) is 32.8. The van der Waals surface area contributed by atoms with Crippen molar-refractivity contribution in [3.8, 4) is 11.3 Å². The molecule has 0 radical (unpaired) electrons. The summed E-state index contributed by atoms with van der Waals surface area (Å²) in [4.78, 5) is 73.0. The predicted molar refractivity (Wildman–Crippen MR) is 205 cm³/mol. The second-order valence-corrected chi connectivity index (χ2v) is 17.5. The van der Waals surface area contributed by atoms with Crippen LogP contribution in [0.4, 0.5) is 9.59 Å². The van der Waals surface area contributed by atoms with Crippen molar-refractivity contribution in [2.75, 3.05) is 14.2 Å². The molecule has 10 rings (SSSR count). The third-order valence-corrected chi connectivity index (χ3v) is 14.8. The van der Waals surface area contributed by atoms with Crippen molar-refractivity contribution in [1.82, 2.24) is 40.0 Å². The molecule has 14 heteroatoms. The number of rotatable bonds is 11. The quantitative estimate of drug-likeness (QED) is 0.179. The summed E-state index contributed by atoms with van der Waals surface area (Å²) in [5, 5.41) is 12.3. The van der Waals surface area contributed by atoms with E-state index in [-0.39, 0.29) is 46.8 Å². The summed E-state index contributed by atoms with van der Waals surface area (Å²) in [6.45, 7) is 3.76. The molecular weight excluding hydrogens is 713 g/mol. The third-order valence-electron chi connectivity index (χ3n) is 14.8. The molecule has 2 saturated heterocycles. The molecule has 56 heavy (non-hydrogen) atoms. The number of piperidine rings is 2. The highest BCUT2D eigenvalue weighted by molar-refractivity contribution is 5.87. The first-order valence-electron chi connectivity index (χ1n) is 20.7. The van der Waals surface area contributed by atoms with E-state index >= 15 is 0 Å². The molecule has 7 fully saturated rings. The molecule has 2 bridgehead atoms. The minimum atomic E-state index is -1.10. The summed E-state index contributed by atoms with van der Waals surface area (Å²) in [7, 11) is 2.79. The fourth-order valence-corrected chi connectivity index (χ4v) is 11.1. The van der Waals surface area contributed by atoms with E-state index in [0.717, 1.165) is 92.0 Å². The monoisotopic (exact) mass is 766 g/mol. The molecule has 2 aliphatic heterocycles. The van der Waals surface area contributed by atoms with E-state index in [0.29, 0.717) is 24.7 Å². The lowest BCUT2D eigenvalue weighted by Crippen LogP contribution is -2.49. The fraction of sp³-hybridized carbons (Fsp3) is 0.619. The zero-order chi connectivity index (χ0) is 39.1. The van der Waals surface area contributed by atoms with Crippen molar-refractivity contribution >= 4 is 24.0 Å². The van der Waals surface area contributed by atoms with Crippen molar-refractivity contribution in [1.29, 1.82) is 0 Å². The second kappa shape index (κ2) is 13.7. The van der Waals surface area contributed by atoms with Gasteiger partial charge >= 0.3 is 12.2 Å². The summed E-state index contributed by atoms with van der Waals surface area (Å²) in [6.07, 6.45) is 13.4. The lowest BCUT2D eigenvalue weighted by atomic mass is 9.51. The minimum absolute atomic E-state index is 0.0559. The van der Waals surface area contributed by atoms with Gasteiger partial charge in [0.25, 0.3) is 0 Å². The van der Waals surface area contributed by atoms with Gasteiger partial charge in [-0.2, -0.15) is 0 Å². The number of likely N-dealkylation sites (N-methyl/N-ethyl adjacent to an activating group) is 1. The molecule has 0 unspecified atom stereocenters.